The molecule has 1 saturated carbocycles. The number of nitrogens with zero attached hydrogens (tertiary/aromatic N) is 4. The van der Waals surface area contributed by atoms with E-state index in [1.807, 2.05) is 4.90 Å². The van der Waals surface area contributed by atoms with Crippen LogP contribution in [0.25, 0.3) is 0 Å². The van der Waals surface area contributed by atoms with Crippen LogP contribution in [0.15, 0.2) is 24.5 Å². The molecule has 3 atom stereocenters. The summed E-state index contributed by atoms with van der Waals surface area (Å²) in [7, 11) is 0. The molecule has 2 aromatic heterocycles. The average Bonchev–Trinajstić information content (AvgIpc) is 3.18. The summed E-state index contributed by atoms with van der Waals surface area (Å²) in [6.45, 7) is 0.764. The SMILES string of the molecule is N=Cc1ncc(N2C[C@@H]3C(COc4ncccc4C(F)(F)F)[C@@H]3C2)nc1NCC(F)F. The summed E-state index contributed by atoms with van der Waals surface area (Å²) in [4.78, 5) is 14.1. The first-order chi connectivity index (χ1) is 14.8. The summed E-state index contributed by atoms with van der Waals surface area (Å²) in [6, 6.07) is 2.16. The van der Waals surface area contributed by atoms with E-state index in [1.165, 1.54) is 18.5 Å². The number of aromatic nitrogens is 3. The summed E-state index contributed by atoms with van der Waals surface area (Å²) in [5.74, 6) is 0.783. The van der Waals surface area contributed by atoms with Crippen LogP contribution in [0.1, 0.15) is 11.3 Å². The summed E-state index contributed by atoms with van der Waals surface area (Å²) in [6.07, 6.45) is -3.42. The number of rotatable bonds is 8. The lowest BCUT2D eigenvalue weighted by atomic mass is 10.2. The molecule has 0 radical (unpaired) electrons. The van der Waals surface area contributed by atoms with Crippen molar-refractivity contribution in [2.45, 2.75) is 12.6 Å². The summed E-state index contributed by atoms with van der Waals surface area (Å²) < 4.78 is 69.5. The van der Waals surface area contributed by atoms with Crippen LogP contribution in [0, 0.1) is 23.2 Å². The molecule has 2 aliphatic rings. The average molecular weight is 442 g/mol. The van der Waals surface area contributed by atoms with Crippen molar-refractivity contribution in [2.24, 2.45) is 17.8 Å². The standard InChI is InChI=1S/C19H19F5N6O/c20-15(21)5-28-17-14(4-25)27-6-16(29-17)30-7-10-11(8-30)12(10)9-31-18-13(19(22,23)24)2-1-3-26-18/h1-4,6,10-12,15,25H,5,7-9H2,(H,28,29)/t10-,11+,12?. The molecule has 3 heterocycles. The molecule has 2 fully saturated rings. The molecule has 0 bridgehead atoms. The van der Waals surface area contributed by atoms with Gasteiger partial charge in [0.1, 0.15) is 17.1 Å². The Bertz CT molecular complexity index is 944. The van der Waals surface area contributed by atoms with Gasteiger partial charge in [-0.1, -0.05) is 0 Å². The number of anilines is 2. The molecular weight excluding hydrogens is 423 g/mol. The largest absolute Gasteiger partial charge is 0.477 e. The van der Waals surface area contributed by atoms with Crippen LogP contribution in [0.4, 0.5) is 33.6 Å². The van der Waals surface area contributed by atoms with Gasteiger partial charge in [-0.2, -0.15) is 13.2 Å². The molecule has 0 amide bonds. The van der Waals surface area contributed by atoms with Crippen molar-refractivity contribution in [3.8, 4) is 5.88 Å². The molecule has 1 unspecified atom stereocenters. The van der Waals surface area contributed by atoms with Crippen LogP contribution in [-0.4, -0.2) is 53.8 Å². The predicted molar refractivity (Wildman–Crippen MR) is 102 cm³/mol. The highest BCUT2D eigenvalue weighted by molar-refractivity contribution is 5.81. The van der Waals surface area contributed by atoms with Gasteiger partial charge in [0.15, 0.2) is 5.82 Å². The molecule has 166 valence electrons. The lowest BCUT2D eigenvalue weighted by Gasteiger charge is -2.22. The molecule has 4 rings (SSSR count). The third-order valence-corrected chi connectivity index (χ3v) is 5.53. The monoisotopic (exact) mass is 442 g/mol. The lowest BCUT2D eigenvalue weighted by molar-refractivity contribution is -0.139. The second-order valence-electron chi connectivity index (χ2n) is 7.44. The van der Waals surface area contributed by atoms with Gasteiger partial charge < -0.3 is 20.4 Å². The van der Waals surface area contributed by atoms with Crippen molar-refractivity contribution in [1.82, 2.24) is 15.0 Å². The van der Waals surface area contributed by atoms with Crippen LogP contribution in [0.2, 0.25) is 0 Å². The van der Waals surface area contributed by atoms with Crippen LogP contribution < -0.4 is 15.0 Å². The van der Waals surface area contributed by atoms with Crippen molar-refractivity contribution in [3.63, 3.8) is 0 Å². The zero-order chi connectivity index (χ0) is 22.2. The fraction of sp³-hybridized carbons (Fsp3) is 0.474. The van der Waals surface area contributed by atoms with Gasteiger partial charge in [-0.25, -0.2) is 23.7 Å². The van der Waals surface area contributed by atoms with E-state index in [1.54, 1.807) is 0 Å². The van der Waals surface area contributed by atoms with Crippen LogP contribution in [0.5, 0.6) is 5.88 Å². The molecular formula is C19H19F5N6O. The first-order valence-corrected chi connectivity index (χ1v) is 9.57. The van der Waals surface area contributed by atoms with Gasteiger partial charge in [-0.15, -0.1) is 0 Å². The van der Waals surface area contributed by atoms with Crippen LogP contribution >= 0.6 is 0 Å². The van der Waals surface area contributed by atoms with Crippen molar-refractivity contribution >= 4 is 17.9 Å². The number of ether oxygens (including phenoxy) is 1. The quantitative estimate of drug-likeness (QED) is 0.482. The maximum atomic E-state index is 13.0. The van der Waals surface area contributed by atoms with E-state index in [4.69, 9.17) is 10.1 Å². The maximum Gasteiger partial charge on any atom is 0.421 e. The Kier molecular flexibility index (Phi) is 5.63. The van der Waals surface area contributed by atoms with Gasteiger partial charge in [0.2, 0.25) is 5.88 Å². The molecule has 12 heteroatoms. The first-order valence-electron chi connectivity index (χ1n) is 9.57. The van der Waals surface area contributed by atoms with E-state index in [2.05, 4.69) is 20.3 Å². The van der Waals surface area contributed by atoms with Gasteiger partial charge in [-0.3, -0.25) is 0 Å². The van der Waals surface area contributed by atoms with Gasteiger partial charge in [-0.05, 0) is 24.0 Å². The number of halogens is 5. The topological polar surface area (TPSA) is 87.0 Å². The number of alkyl halides is 5. The van der Waals surface area contributed by atoms with Crippen molar-refractivity contribution < 1.29 is 26.7 Å². The zero-order valence-electron chi connectivity index (χ0n) is 16.1. The van der Waals surface area contributed by atoms with E-state index in [0.717, 1.165) is 12.3 Å². The van der Waals surface area contributed by atoms with E-state index in [0.29, 0.717) is 18.9 Å². The minimum Gasteiger partial charge on any atom is -0.477 e. The Morgan fingerprint density at radius 3 is 2.65 bits per heavy atom. The number of hydrogen-bond acceptors (Lipinski definition) is 7. The molecule has 0 spiro atoms. The van der Waals surface area contributed by atoms with E-state index in [-0.39, 0.29) is 35.9 Å². The third-order valence-electron chi connectivity index (χ3n) is 5.53. The Balaban J connectivity index is 1.35. The van der Waals surface area contributed by atoms with Crippen molar-refractivity contribution in [2.75, 3.05) is 36.5 Å². The zero-order valence-corrected chi connectivity index (χ0v) is 16.1. The summed E-state index contributed by atoms with van der Waals surface area (Å²) >= 11 is 0. The second kappa shape index (κ2) is 8.23. The Morgan fingerprint density at radius 1 is 1.26 bits per heavy atom. The van der Waals surface area contributed by atoms with Gasteiger partial charge in [0.05, 0.1) is 19.3 Å². The Morgan fingerprint density at radius 2 is 2.00 bits per heavy atom. The smallest absolute Gasteiger partial charge is 0.421 e. The molecule has 7 nitrogen and oxygen atoms in total. The summed E-state index contributed by atoms with van der Waals surface area (Å²) in [5, 5.41) is 9.82. The van der Waals surface area contributed by atoms with Gasteiger partial charge >= 0.3 is 6.18 Å². The highest BCUT2D eigenvalue weighted by atomic mass is 19.4. The van der Waals surface area contributed by atoms with Gasteiger partial charge in [0.25, 0.3) is 6.43 Å². The van der Waals surface area contributed by atoms with E-state index in [9.17, 15) is 22.0 Å². The van der Waals surface area contributed by atoms with E-state index < -0.39 is 30.6 Å². The number of pyridine rings is 1. The fourth-order valence-electron chi connectivity index (χ4n) is 3.93. The minimum absolute atomic E-state index is 0.114. The molecule has 31 heavy (non-hydrogen) atoms. The Labute approximate surface area is 174 Å². The molecule has 1 saturated heterocycles. The molecule has 1 aliphatic heterocycles. The third kappa shape index (κ3) is 4.52. The number of hydrogen-bond donors (Lipinski definition) is 2. The van der Waals surface area contributed by atoms with Crippen molar-refractivity contribution in [3.05, 3.63) is 35.8 Å². The molecule has 0 aromatic carbocycles. The lowest BCUT2D eigenvalue weighted by Crippen LogP contribution is -2.27. The molecule has 2 aromatic rings. The normalized spacial score (nSPS) is 22.4. The van der Waals surface area contributed by atoms with Crippen molar-refractivity contribution in [1.29, 1.82) is 5.41 Å². The number of piperidine rings is 1. The van der Waals surface area contributed by atoms with Crippen LogP contribution in [-0.2, 0) is 6.18 Å². The number of nitrogens with one attached hydrogen (secondary N) is 2. The Hall–Kier alpha value is -3.05. The highest BCUT2D eigenvalue weighted by Gasteiger charge is 2.56. The van der Waals surface area contributed by atoms with Gasteiger partial charge in [0, 0.05) is 31.4 Å². The molecule has 1 aliphatic carbocycles. The fourth-order valence-corrected chi connectivity index (χ4v) is 3.93. The molecule has 2 N–H and O–H groups in total. The number of fused-ring (bicyclic) bond motifs is 1. The van der Waals surface area contributed by atoms with E-state index >= 15 is 0 Å². The maximum absolute atomic E-state index is 13.0. The van der Waals surface area contributed by atoms with Crippen LogP contribution in [0.3, 0.4) is 0 Å². The minimum atomic E-state index is -4.53. The first kappa shape index (κ1) is 21.2. The predicted octanol–water partition coefficient (Wildman–Crippen LogP) is 3.33. The highest BCUT2D eigenvalue weighted by Crippen LogP contribution is 2.52. The summed E-state index contributed by atoms with van der Waals surface area (Å²) in [5.41, 5.74) is -0.733. The second-order valence-corrected chi connectivity index (χ2v) is 7.44.